The highest BCUT2D eigenvalue weighted by Gasteiger charge is 2.37. The van der Waals surface area contributed by atoms with E-state index in [1.54, 1.807) is 6.07 Å². The van der Waals surface area contributed by atoms with Gasteiger partial charge in [0.1, 0.15) is 0 Å². The van der Waals surface area contributed by atoms with Crippen LogP contribution in [0, 0.1) is 6.92 Å². The second-order valence-corrected chi connectivity index (χ2v) is 7.42. The van der Waals surface area contributed by atoms with E-state index in [0.29, 0.717) is 23.6 Å². The van der Waals surface area contributed by atoms with Gasteiger partial charge in [0.25, 0.3) is 5.91 Å². The molecule has 0 unspecified atom stereocenters. The number of benzene rings is 1. The van der Waals surface area contributed by atoms with E-state index in [0.717, 1.165) is 28.4 Å². The number of ether oxygens (including phenoxy) is 1. The molecular formula is C17H17Br2NO3. The first-order valence-corrected chi connectivity index (χ1v) is 9.01. The summed E-state index contributed by atoms with van der Waals surface area (Å²) in [5, 5.41) is 3.19. The number of furan rings is 1. The molecule has 1 saturated heterocycles. The van der Waals surface area contributed by atoms with Crippen LogP contribution in [0.15, 0.2) is 43.9 Å². The minimum absolute atomic E-state index is 0.199. The van der Waals surface area contributed by atoms with Crippen LogP contribution in [0.5, 0.6) is 0 Å². The van der Waals surface area contributed by atoms with Gasteiger partial charge in [-0.15, -0.1) is 0 Å². The monoisotopic (exact) mass is 441 g/mol. The summed E-state index contributed by atoms with van der Waals surface area (Å²) in [6.07, 6.45) is 1.46. The zero-order valence-electron chi connectivity index (χ0n) is 12.7. The molecule has 2 heterocycles. The quantitative estimate of drug-likeness (QED) is 0.758. The Labute approximate surface area is 151 Å². The standard InChI is InChI=1S/C17H17Br2NO3/c1-11-9-14(19)23-15(11)16(21)20-17(5-7-22-8-6-17)12-3-2-4-13(18)10-12/h2-4,9-10H,5-8H2,1H3,(H,20,21). The van der Waals surface area contributed by atoms with Crippen molar-refractivity contribution in [2.75, 3.05) is 13.2 Å². The van der Waals surface area contributed by atoms with E-state index in [1.807, 2.05) is 25.1 Å². The summed E-state index contributed by atoms with van der Waals surface area (Å²) >= 11 is 6.78. The third-order valence-corrected chi connectivity index (χ3v) is 5.05. The molecule has 1 aliphatic heterocycles. The summed E-state index contributed by atoms with van der Waals surface area (Å²) in [4.78, 5) is 12.7. The number of nitrogens with one attached hydrogen (secondary N) is 1. The van der Waals surface area contributed by atoms with E-state index in [1.165, 1.54) is 0 Å². The maximum Gasteiger partial charge on any atom is 0.288 e. The van der Waals surface area contributed by atoms with Crippen molar-refractivity contribution in [2.24, 2.45) is 0 Å². The van der Waals surface area contributed by atoms with Crippen molar-refractivity contribution in [2.45, 2.75) is 25.3 Å². The topological polar surface area (TPSA) is 51.5 Å². The number of hydrogen-bond donors (Lipinski definition) is 1. The minimum atomic E-state index is -0.440. The summed E-state index contributed by atoms with van der Waals surface area (Å²) in [7, 11) is 0. The van der Waals surface area contributed by atoms with Gasteiger partial charge in [-0.2, -0.15) is 0 Å². The first-order chi connectivity index (χ1) is 11.0. The maximum atomic E-state index is 12.7. The number of carbonyl (C=O) groups is 1. The minimum Gasteiger partial charge on any atom is -0.444 e. The van der Waals surface area contributed by atoms with E-state index in [4.69, 9.17) is 9.15 Å². The Bertz CT molecular complexity index is 720. The zero-order chi connectivity index (χ0) is 16.4. The Morgan fingerprint density at radius 3 is 2.57 bits per heavy atom. The predicted molar refractivity (Wildman–Crippen MR) is 94.5 cm³/mol. The van der Waals surface area contributed by atoms with Gasteiger partial charge >= 0.3 is 0 Å². The number of hydrogen-bond acceptors (Lipinski definition) is 3. The van der Waals surface area contributed by atoms with Gasteiger partial charge in [0, 0.05) is 23.2 Å². The maximum absolute atomic E-state index is 12.7. The highest BCUT2D eigenvalue weighted by molar-refractivity contribution is 9.10. The second kappa shape index (κ2) is 6.79. The molecule has 122 valence electrons. The average molecular weight is 443 g/mol. The summed E-state index contributed by atoms with van der Waals surface area (Å²) in [5.74, 6) is 0.146. The van der Waals surface area contributed by atoms with Gasteiger partial charge in [0.2, 0.25) is 0 Å². The smallest absolute Gasteiger partial charge is 0.288 e. The van der Waals surface area contributed by atoms with E-state index < -0.39 is 5.54 Å². The fourth-order valence-corrected chi connectivity index (χ4v) is 3.84. The lowest BCUT2D eigenvalue weighted by atomic mass is 9.82. The Morgan fingerprint density at radius 1 is 1.22 bits per heavy atom. The molecule has 2 aromatic rings. The third-order valence-electron chi connectivity index (χ3n) is 4.17. The van der Waals surface area contributed by atoms with Crippen molar-refractivity contribution < 1.29 is 13.9 Å². The molecule has 1 aromatic carbocycles. The second-order valence-electron chi connectivity index (χ2n) is 5.72. The Hall–Kier alpha value is -1.11. The molecule has 0 atom stereocenters. The molecule has 1 aliphatic rings. The SMILES string of the molecule is Cc1cc(Br)oc1C(=O)NC1(c2cccc(Br)c2)CCOCC1. The van der Waals surface area contributed by atoms with Crippen LogP contribution >= 0.6 is 31.9 Å². The molecule has 23 heavy (non-hydrogen) atoms. The molecule has 0 bridgehead atoms. The Kier molecular flexibility index (Phi) is 4.94. The predicted octanol–water partition coefficient (Wildman–Crippen LogP) is 4.55. The fraction of sp³-hybridized carbons (Fsp3) is 0.353. The molecule has 6 heteroatoms. The van der Waals surface area contributed by atoms with Gasteiger partial charge in [-0.3, -0.25) is 4.79 Å². The van der Waals surface area contributed by atoms with E-state index in [2.05, 4.69) is 43.2 Å². The van der Waals surface area contributed by atoms with Crippen molar-refractivity contribution in [3.63, 3.8) is 0 Å². The van der Waals surface area contributed by atoms with Crippen LogP contribution in [-0.2, 0) is 10.3 Å². The molecule has 4 nitrogen and oxygen atoms in total. The first kappa shape index (κ1) is 16.7. The van der Waals surface area contributed by atoms with Crippen LogP contribution in [-0.4, -0.2) is 19.1 Å². The van der Waals surface area contributed by atoms with Crippen LogP contribution in [0.4, 0.5) is 0 Å². The number of aryl methyl sites for hydroxylation is 1. The van der Waals surface area contributed by atoms with Gasteiger partial charge in [0.15, 0.2) is 10.4 Å². The lowest BCUT2D eigenvalue weighted by Gasteiger charge is -2.38. The largest absolute Gasteiger partial charge is 0.444 e. The van der Waals surface area contributed by atoms with Crippen molar-refractivity contribution in [1.82, 2.24) is 5.32 Å². The van der Waals surface area contributed by atoms with Gasteiger partial charge in [-0.1, -0.05) is 28.1 Å². The van der Waals surface area contributed by atoms with Crippen LogP contribution in [0.2, 0.25) is 0 Å². The van der Waals surface area contributed by atoms with Crippen molar-refractivity contribution in [3.8, 4) is 0 Å². The molecule has 1 N–H and O–H groups in total. The zero-order valence-corrected chi connectivity index (χ0v) is 15.9. The molecule has 0 aliphatic carbocycles. The van der Waals surface area contributed by atoms with Gasteiger partial charge in [-0.05, 0) is 59.5 Å². The summed E-state index contributed by atoms with van der Waals surface area (Å²) in [6, 6.07) is 9.85. The van der Waals surface area contributed by atoms with Crippen LogP contribution in [0.25, 0.3) is 0 Å². The van der Waals surface area contributed by atoms with Gasteiger partial charge in [0.05, 0.1) is 5.54 Å². The van der Waals surface area contributed by atoms with Gasteiger partial charge < -0.3 is 14.5 Å². The van der Waals surface area contributed by atoms with E-state index in [-0.39, 0.29) is 5.91 Å². The average Bonchev–Trinajstić information content (AvgIpc) is 2.87. The molecule has 1 aromatic heterocycles. The number of halogens is 2. The molecule has 0 spiro atoms. The normalized spacial score (nSPS) is 17.0. The van der Waals surface area contributed by atoms with E-state index >= 15 is 0 Å². The van der Waals surface area contributed by atoms with Crippen LogP contribution in [0.1, 0.15) is 34.5 Å². The molecule has 0 radical (unpaired) electrons. The Morgan fingerprint density at radius 2 is 1.96 bits per heavy atom. The summed E-state index contributed by atoms with van der Waals surface area (Å²) < 4.78 is 12.5. The molecular weight excluding hydrogens is 426 g/mol. The summed E-state index contributed by atoms with van der Waals surface area (Å²) in [5.41, 5.74) is 1.45. The summed E-state index contributed by atoms with van der Waals surface area (Å²) in [6.45, 7) is 3.10. The van der Waals surface area contributed by atoms with Crippen molar-refractivity contribution in [3.05, 3.63) is 56.4 Å². The lowest BCUT2D eigenvalue weighted by Crippen LogP contribution is -2.49. The molecule has 0 saturated carbocycles. The molecule has 1 amide bonds. The first-order valence-electron chi connectivity index (χ1n) is 7.42. The van der Waals surface area contributed by atoms with Crippen LogP contribution in [0.3, 0.4) is 0 Å². The van der Waals surface area contributed by atoms with Crippen molar-refractivity contribution in [1.29, 1.82) is 0 Å². The molecule has 1 fully saturated rings. The number of amides is 1. The Balaban J connectivity index is 1.93. The third kappa shape index (κ3) is 3.54. The van der Waals surface area contributed by atoms with Crippen molar-refractivity contribution >= 4 is 37.8 Å². The highest BCUT2D eigenvalue weighted by atomic mass is 79.9. The lowest BCUT2D eigenvalue weighted by molar-refractivity contribution is 0.0337. The fourth-order valence-electron chi connectivity index (χ4n) is 2.93. The highest BCUT2D eigenvalue weighted by Crippen LogP contribution is 2.34. The number of carbonyl (C=O) groups excluding carboxylic acids is 1. The van der Waals surface area contributed by atoms with Crippen LogP contribution < -0.4 is 5.32 Å². The van der Waals surface area contributed by atoms with E-state index in [9.17, 15) is 4.79 Å². The number of rotatable bonds is 3. The van der Waals surface area contributed by atoms with Gasteiger partial charge in [-0.25, -0.2) is 0 Å². The molecule has 3 rings (SSSR count).